The molecule has 0 saturated carbocycles. The normalized spacial score (nSPS) is 14.4. The Balaban J connectivity index is 0.000000360. The molecule has 0 aliphatic heterocycles. The average Bonchev–Trinajstić information content (AvgIpc) is 2.98. The van der Waals surface area contributed by atoms with Crippen molar-refractivity contribution in [1.29, 1.82) is 0 Å². The smallest absolute Gasteiger partial charge is 0.460 e. The van der Waals surface area contributed by atoms with E-state index in [-0.39, 0.29) is 10.9 Å². The summed E-state index contributed by atoms with van der Waals surface area (Å²) in [5, 5.41) is -7.95. The number of hydrogen-bond acceptors (Lipinski definition) is 3. The Morgan fingerprint density at radius 2 is 0.735 bits per heavy atom. The lowest BCUT2D eigenvalue weighted by Gasteiger charge is -2.42. The molecule has 3 aromatic carbocycles. The number of halogens is 17. The molecule has 3 aromatic rings. The van der Waals surface area contributed by atoms with Crippen LogP contribution in [-0.2, 0) is 21.0 Å². The highest BCUT2D eigenvalue weighted by atomic mass is 32.2. The van der Waals surface area contributed by atoms with E-state index in [1.54, 1.807) is 0 Å². The third kappa shape index (κ3) is 7.17. The van der Waals surface area contributed by atoms with Gasteiger partial charge >= 0.3 is 47.0 Å². The van der Waals surface area contributed by atoms with Gasteiger partial charge in [0, 0.05) is 0 Å². The number of aryl methyl sites for hydroxylation is 1. The topological polar surface area (TPSA) is 57.2 Å². The minimum atomic E-state index is -8.92. The summed E-state index contributed by atoms with van der Waals surface area (Å²) in [5.74, 6) is -52.1. The van der Waals surface area contributed by atoms with Crippen molar-refractivity contribution in [1.82, 2.24) is 0 Å². The monoisotopic (exact) mass is 776 g/mol. The molecular formula is C27H17F17O3S2. The van der Waals surface area contributed by atoms with Crippen molar-refractivity contribution >= 4 is 21.0 Å². The first-order valence-corrected chi connectivity index (χ1v) is 15.1. The van der Waals surface area contributed by atoms with Crippen molar-refractivity contribution in [2.24, 2.45) is 0 Å². The van der Waals surface area contributed by atoms with Crippen LogP contribution in [0.3, 0.4) is 0 Å². The molecule has 0 heterocycles. The summed E-state index contributed by atoms with van der Waals surface area (Å²) in [6.45, 7) is 2.13. The molecule has 0 unspecified atom stereocenters. The van der Waals surface area contributed by atoms with E-state index in [1.807, 2.05) is 0 Å². The van der Waals surface area contributed by atoms with E-state index in [1.165, 1.54) is 20.2 Å². The first-order valence-electron chi connectivity index (χ1n) is 12.4. The number of hydrogen-bond donors (Lipinski definition) is 0. The van der Waals surface area contributed by atoms with E-state index in [0.717, 1.165) is 0 Å². The summed E-state index contributed by atoms with van der Waals surface area (Å²) >= 11 is 0. The quantitative estimate of drug-likeness (QED) is 0.117. The molecule has 0 bridgehead atoms. The van der Waals surface area contributed by atoms with Gasteiger partial charge in [0.05, 0.1) is 10.9 Å². The van der Waals surface area contributed by atoms with Gasteiger partial charge in [0.1, 0.15) is 0 Å². The van der Waals surface area contributed by atoms with Crippen LogP contribution in [0.15, 0.2) is 99.6 Å². The minimum absolute atomic E-state index is 0.0229. The first kappa shape index (κ1) is 41.9. The van der Waals surface area contributed by atoms with E-state index in [9.17, 15) is 87.6 Å². The van der Waals surface area contributed by atoms with Gasteiger partial charge in [-0.15, -0.1) is 0 Å². The second-order valence-corrected chi connectivity index (χ2v) is 13.1. The highest BCUT2D eigenvalue weighted by molar-refractivity contribution is 7.97. The fourth-order valence-electron chi connectivity index (χ4n) is 3.50. The Bertz CT molecular complexity index is 1620. The second-order valence-electron chi connectivity index (χ2n) is 9.66. The molecule has 0 aliphatic rings. The van der Waals surface area contributed by atoms with Crippen LogP contribution in [0.1, 0.15) is 5.56 Å². The fraction of sp³-hybridized carbons (Fsp3) is 0.333. The van der Waals surface area contributed by atoms with Gasteiger partial charge in [-0.3, -0.25) is 0 Å². The van der Waals surface area contributed by atoms with Crippen LogP contribution in [0.25, 0.3) is 0 Å². The largest absolute Gasteiger partial charge is 0.743 e. The molecule has 22 heteroatoms. The molecule has 0 amide bonds. The Kier molecular flexibility index (Phi) is 11.5. The molecule has 49 heavy (non-hydrogen) atoms. The van der Waals surface area contributed by atoms with Gasteiger partial charge in [-0.2, -0.15) is 74.6 Å². The van der Waals surface area contributed by atoms with E-state index in [4.69, 9.17) is 0 Å². The molecule has 0 N–H and O–H groups in total. The summed E-state index contributed by atoms with van der Waals surface area (Å²) in [7, 11) is -8.17. The standard InChI is InChI=1S/C19H17S.C8HF17O3S/c1-16-12-14-19(15-13-16)20(17-8-4-2-5-9-17)18-10-6-3-7-11-18;9-1(10,3(13,14)5(17,18)7(21,22)23)2(11,12)4(15,16)6(19,20)8(24,25)29(26,27)28/h2-15H,1H3;(H,26,27,28)/q+1;/p-1. The SMILES string of the molecule is Cc1ccc([S+](c2ccccc2)c2ccccc2)cc1.O=S(=O)([O-])C(F)(F)C(F)(F)C(F)(F)C(F)(F)C(F)(F)C(F)(F)C(F)(F)C(F)(F)F. The predicted octanol–water partition coefficient (Wildman–Crippen LogP) is 9.59. The Morgan fingerprint density at radius 3 is 1.04 bits per heavy atom. The molecule has 0 spiro atoms. The molecule has 0 fully saturated rings. The molecule has 0 aliphatic carbocycles. The van der Waals surface area contributed by atoms with E-state index in [0.29, 0.717) is 0 Å². The van der Waals surface area contributed by atoms with Gasteiger partial charge in [0.25, 0.3) is 0 Å². The molecule has 0 saturated heterocycles. The van der Waals surface area contributed by atoms with Crippen LogP contribution in [0, 0.1) is 6.92 Å². The molecule has 3 nitrogen and oxygen atoms in total. The molecule has 3 rings (SSSR count). The molecular weight excluding hydrogens is 759 g/mol. The maximum absolute atomic E-state index is 13.0. The lowest BCUT2D eigenvalue weighted by Crippen LogP contribution is -2.75. The van der Waals surface area contributed by atoms with Crippen molar-refractivity contribution in [3.63, 3.8) is 0 Å². The second kappa shape index (κ2) is 13.5. The highest BCUT2D eigenvalue weighted by Gasteiger charge is 2.95. The molecule has 0 radical (unpaired) electrons. The lowest BCUT2D eigenvalue weighted by molar-refractivity contribution is -0.458. The summed E-state index contributed by atoms with van der Waals surface area (Å²) in [6.07, 6.45) is -7.89. The maximum atomic E-state index is 13.0. The van der Waals surface area contributed by atoms with Crippen LogP contribution < -0.4 is 0 Å². The van der Waals surface area contributed by atoms with Crippen LogP contribution in [0.4, 0.5) is 74.6 Å². The predicted molar refractivity (Wildman–Crippen MR) is 137 cm³/mol. The first-order chi connectivity index (χ1) is 21.8. The lowest BCUT2D eigenvalue weighted by atomic mass is 9.91. The van der Waals surface area contributed by atoms with Gasteiger partial charge in [-0.05, 0) is 43.3 Å². The van der Waals surface area contributed by atoms with Crippen LogP contribution in [0.2, 0.25) is 0 Å². The van der Waals surface area contributed by atoms with Crippen LogP contribution >= 0.6 is 0 Å². The summed E-state index contributed by atoms with van der Waals surface area (Å²) in [4.78, 5) is 4.10. The van der Waals surface area contributed by atoms with E-state index in [2.05, 4.69) is 91.9 Å². The summed E-state index contributed by atoms with van der Waals surface area (Å²) in [5.41, 5.74) is 1.30. The van der Waals surface area contributed by atoms with Gasteiger partial charge < -0.3 is 4.55 Å². The zero-order valence-corrected chi connectivity index (χ0v) is 25.2. The van der Waals surface area contributed by atoms with Crippen molar-refractivity contribution in [2.45, 2.75) is 68.6 Å². The third-order valence-corrected chi connectivity index (χ3v) is 9.34. The number of rotatable bonds is 10. The average molecular weight is 777 g/mol. The van der Waals surface area contributed by atoms with Crippen LogP contribution in [-0.4, -0.2) is 59.9 Å². The maximum Gasteiger partial charge on any atom is 0.460 e. The highest BCUT2D eigenvalue weighted by Crippen LogP contribution is 2.64. The summed E-state index contributed by atoms with van der Waals surface area (Å²) in [6, 6.07) is 30.4. The van der Waals surface area contributed by atoms with E-state index < -0.39 is 57.1 Å². The van der Waals surface area contributed by atoms with Crippen LogP contribution in [0.5, 0.6) is 0 Å². The van der Waals surface area contributed by atoms with Gasteiger partial charge in [0.15, 0.2) is 24.8 Å². The van der Waals surface area contributed by atoms with Crippen molar-refractivity contribution in [2.75, 3.05) is 0 Å². The Labute approximate surface area is 267 Å². The summed E-state index contributed by atoms with van der Waals surface area (Å²) < 4.78 is 244. The molecule has 0 atom stereocenters. The van der Waals surface area contributed by atoms with Gasteiger partial charge in [-0.1, -0.05) is 54.1 Å². The molecule has 0 aromatic heterocycles. The van der Waals surface area contributed by atoms with Crippen molar-refractivity contribution in [3.8, 4) is 0 Å². The fourth-order valence-corrected chi connectivity index (χ4v) is 6.03. The minimum Gasteiger partial charge on any atom is -0.743 e. The third-order valence-electron chi connectivity index (χ3n) is 6.22. The number of alkyl halides is 17. The molecule has 274 valence electrons. The zero-order valence-electron chi connectivity index (χ0n) is 23.5. The van der Waals surface area contributed by atoms with Gasteiger partial charge in [-0.25, -0.2) is 8.42 Å². The van der Waals surface area contributed by atoms with Crippen molar-refractivity contribution < 1.29 is 87.6 Å². The van der Waals surface area contributed by atoms with E-state index >= 15 is 0 Å². The van der Waals surface area contributed by atoms with Gasteiger partial charge in [0.2, 0.25) is 0 Å². The Hall–Kier alpha value is -3.27. The van der Waals surface area contributed by atoms with Crippen molar-refractivity contribution in [3.05, 3.63) is 90.5 Å². The number of benzene rings is 3. The Morgan fingerprint density at radius 1 is 0.449 bits per heavy atom. The zero-order chi connectivity index (χ0) is 38.3.